The number of halogens is 2. The Balaban J connectivity index is 1.39. The van der Waals surface area contributed by atoms with Gasteiger partial charge in [0.2, 0.25) is 10.0 Å². The summed E-state index contributed by atoms with van der Waals surface area (Å²) in [6.45, 7) is 1.46. The summed E-state index contributed by atoms with van der Waals surface area (Å²) in [5.74, 6) is 0.187. The van der Waals surface area contributed by atoms with E-state index in [9.17, 15) is 17.6 Å². The molecule has 0 fully saturated rings. The molecule has 0 radical (unpaired) electrons. The van der Waals surface area contributed by atoms with Gasteiger partial charge in [0.25, 0.3) is 5.91 Å². The van der Waals surface area contributed by atoms with Crippen LogP contribution in [0.4, 0.5) is 10.2 Å². The summed E-state index contributed by atoms with van der Waals surface area (Å²) in [6, 6.07) is 3.56. The van der Waals surface area contributed by atoms with Crippen LogP contribution in [0, 0.1) is 5.82 Å². The van der Waals surface area contributed by atoms with Gasteiger partial charge in [-0.3, -0.25) is 9.52 Å². The second-order valence-electron chi connectivity index (χ2n) is 8.08. The van der Waals surface area contributed by atoms with Crippen LogP contribution in [0.3, 0.4) is 0 Å². The molecule has 0 spiro atoms. The predicted molar refractivity (Wildman–Crippen MR) is 127 cm³/mol. The van der Waals surface area contributed by atoms with Crippen molar-refractivity contribution in [1.82, 2.24) is 19.4 Å². The Hall–Kier alpha value is -2.74. The molecule has 1 amide bonds. The quantitative estimate of drug-likeness (QED) is 0.477. The average Bonchev–Trinajstić information content (AvgIpc) is 3.39. The standard InChI is InChI=1S/C21H21ClFN5O5S2/c1-35(30,31)26-15-3-2-14(21(22)25-15)33-11-17(29)28-6-4-13-18(19(28)20-12(23)5-9-34-20)27-7-8-32-10-16(27)24-13/h2-3,5,9,19H,4,6-8,10-11H2,1H3,(H,25,26). The molecule has 5 rings (SSSR count). The molecule has 186 valence electrons. The van der Waals surface area contributed by atoms with Crippen molar-refractivity contribution in [2.24, 2.45) is 0 Å². The van der Waals surface area contributed by atoms with E-state index in [0.717, 1.165) is 23.5 Å². The topological polar surface area (TPSA) is 116 Å². The second kappa shape index (κ2) is 9.37. The van der Waals surface area contributed by atoms with E-state index >= 15 is 0 Å². The highest BCUT2D eigenvalue weighted by atomic mass is 35.5. The number of carbonyl (C=O) groups excluding carboxylic acids is 1. The Labute approximate surface area is 209 Å². The molecule has 0 aliphatic carbocycles. The molecule has 1 unspecified atom stereocenters. The van der Waals surface area contributed by atoms with Crippen molar-refractivity contribution in [3.05, 3.63) is 56.6 Å². The monoisotopic (exact) mass is 541 g/mol. The fourth-order valence-corrected chi connectivity index (χ4v) is 5.86. The Morgan fingerprint density at radius 1 is 1.34 bits per heavy atom. The highest BCUT2D eigenvalue weighted by molar-refractivity contribution is 7.92. The highest BCUT2D eigenvalue weighted by Gasteiger charge is 2.39. The van der Waals surface area contributed by atoms with Crippen molar-refractivity contribution in [2.45, 2.75) is 25.6 Å². The molecule has 2 aliphatic rings. The third kappa shape index (κ3) is 4.85. The molecule has 3 aromatic rings. The van der Waals surface area contributed by atoms with E-state index in [-0.39, 0.29) is 35.1 Å². The molecule has 0 saturated heterocycles. The first-order valence-electron chi connectivity index (χ1n) is 10.7. The lowest BCUT2D eigenvalue weighted by Gasteiger charge is -2.36. The van der Waals surface area contributed by atoms with Gasteiger partial charge in [0.15, 0.2) is 17.5 Å². The number of sulfonamides is 1. The molecule has 1 atom stereocenters. The van der Waals surface area contributed by atoms with E-state index in [1.807, 2.05) is 4.57 Å². The van der Waals surface area contributed by atoms with Crippen LogP contribution in [0.5, 0.6) is 5.75 Å². The van der Waals surface area contributed by atoms with Gasteiger partial charge in [-0.1, -0.05) is 11.6 Å². The van der Waals surface area contributed by atoms with Crippen LogP contribution in [0.1, 0.15) is 28.1 Å². The fourth-order valence-electron chi connectivity index (χ4n) is 4.27. The largest absolute Gasteiger partial charge is 0.481 e. The van der Waals surface area contributed by atoms with Crippen LogP contribution >= 0.6 is 22.9 Å². The number of pyridine rings is 1. The minimum atomic E-state index is -3.52. The summed E-state index contributed by atoms with van der Waals surface area (Å²) >= 11 is 7.37. The number of imidazole rings is 1. The summed E-state index contributed by atoms with van der Waals surface area (Å²) in [7, 11) is -3.52. The van der Waals surface area contributed by atoms with Gasteiger partial charge in [0.05, 0.1) is 29.1 Å². The summed E-state index contributed by atoms with van der Waals surface area (Å²) in [5, 5.41) is 1.56. The van der Waals surface area contributed by atoms with Crippen molar-refractivity contribution in [3.8, 4) is 5.75 Å². The number of aromatic nitrogens is 3. The van der Waals surface area contributed by atoms with E-state index in [2.05, 4.69) is 9.71 Å². The van der Waals surface area contributed by atoms with E-state index in [1.165, 1.54) is 29.5 Å². The normalized spacial score (nSPS) is 17.6. The van der Waals surface area contributed by atoms with Crippen LogP contribution in [0.2, 0.25) is 5.15 Å². The number of rotatable bonds is 6. The lowest BCUT2D eigenvalue weighted by atomic mass is 10.0. The Kier molecular flexibility index (Phi) is 6.42. The van der Waals surface area contributed by atoms with Gasteiger partial charge in [-0.25, -0.2) is 22.8 Å². The Morgan fingerprint density at radius 2 is 2.17 bits per heavy atom. The van der Waals surface area contributed by atoms with Crippen molar-refractivity contribution < 1.29 is 27.1 Å². The van der Waals surface area contributed by atoms with Crippen molar-refractivity contribution in [1.29, 1.82) is 0 Å². The Morgan fingerprint density at radius 3 is 2.89 bits per heavy atom. The summed E-state index contributed by atoms with van der Waals surface area (Å²) in [6.07, 6.45) is 1.52. The van der Waals surface area contributed by atoms with E-state index in [4.69, 9.17) is 26.1 Å². The van der Waals surface area contributed by atoms with Gasteiger partial charge in [-0.2, -0.15) is 0 Å². The molecule has 0 saturated carbocycles. The molecule has 0 bridgehead atoms. The van der Waals surface area contributed by atoms with Gasteiger partial charge >= 0.3 is 0 Å². The Bertz CT molecular complexity index is 1390. The smallest absolute Gasteiger partial charge is 0.261 e. The molecule has 0 aromatic carbocycles. The zero-order valence-electron chi connectivity index (χ0n) is 18.5. The highest BCUT2D eigenvalue weighted by Crippen LogP contribution is 2.40. The number of nitrogens with one attached hydrogen (secondary N) is 1. The molecule has 5 heterocycles. The van der Waals surface area contributed by atoms with E-state index in [0.29, 0.717) is 37.6 Å². The zero-order chi connectivity index (χ0) is 24.7. The molecule has 35 heavy (non-hydrogen) atoms. The third-order valence-corrected chi connectivity index (χ3v) is 7.48. The van der Waals surface area contributed by atoms with Gasteiger partial charge in [-0.05, 0) is 23.6 Å². The summed E-state index contributed by atoms with van der Waals surface area (Å²) in [5.41, 5.74) is 1.65. The maximum atomic E-state index is 14.8. The second-order valence-corrected chi connectivity index (χ2v) is 11.1. The van der Waals surface area contributed by atoms with Crippen LogP contribution in [-0.2, 0) is 39.1 Å². The average molecular weight is 542 g/mol. The number of carbonyl (C=O) groups is 1. The zero-order valence-corrected chi connectivity index (χ0v) is 20.9. The molecule has 3 aromatic heterocycles. The van der Waals surface area contributed by atoms with Gasteiger partial charge in [-0.15, -0.1) is 11.3 Å². The first-order chi connectivity index (χ1) is 16.7. The lowest BCUT2D eigenvalue weighted by molar-refractivity contribution is -0.135. The van der Waals surface area contributed by atoms with Crippen LogP contribution < -0.4 is 9.46 Å². The van der Waals surface area contributed by atoms with Crippen LogP contribution in [0.15, 0.2) is 23.6 Å². The number of ether oxygens (including phenoxy) is 2. The lowest BCUT2D eigenvalue weighted by Crippen LogP contribution is -2.44. The third-order valence-electron chi connectivity index (χ3n) is 5.68. The van der Waals surface area contributed by atoms with Crippen molar-refractivity contribution in [2.75, 3.05) is 30.7 Å². The number of nitrogens with zero attached hydrogens (tertiary/aromatic N) is 4. The molecule has 10 nitrogen and oxygen atoms in total. The predicted octanol–water partition coefficient (Wildman–Crippen LogP) is 2.59. The minimum absolute atomic E-state index is 0.0301. The number of hydrogen-bond acceptors (Lipinski definition) is 8. The molecule has 1 N–H and O–H groups in total. The summed E-state index contributed by atoms with van der Waals surface area (Å²) < 4.78 is 52.9. The molecule has 14 heteroatoms. The van der Waals surface area contributed by atoms with Gasteiger partial charge < -0.3 is 18.9 Å². The summed E-state index contributed by atoms with van der Waals surface area (Å²) in [4.78, 5) is 24.0. The minimum Gasteiger partial charge on any atom is -0.481 e. The maximum absolute atomic E-state index is 14.8. The van der Waals surface area contributed by atoms with E-state index in [1.54, 1.807) is 10.3 Å². The number of amides is 1. The van der Waals surface area contributed by atoms with Crippen molar-refractivity contribution in [3.63, 3.8) is 0 Å². The number of anilines is 1. The van der Waals surface area contributed by atoms with Crippen LogP contribution in [-0.4, -0.2) is 59.8 Å². The number of thiophene rings is 1. The fraction of sp³-hybridized carbons (Fsp3) is 0.381. The molecular weight excluding hydrogens is 521 g/mol. The molecular formula is C21H21ClFN5O5S2. The first-order valence-corrected chi connectivity index (χ1v) is 13.8. The van der Waals surface area contributed by atoms with Crippen LogP contribution in [0.25, 0.3) is 0 Å². The maximum Gasteiger partial charge on any atom is 0.261 e. The number of hydrogen-bond donors (Lipinski definition) is 1. The SMILES string of the molecule is CS(=O)(=O)Nc1ccc(OCC(=O)N2CCc3nc4n(c3C2c2sccc2F)CCOC4)c(Cl)n1. The van der Waals surface area contributed by atoms with Crippen molar-refractivity contribution >= 4 is 44.7 Å². The molecule has 2 aliphatic heterocycles. The van der Waals surface area contributed by atoms with Gasteiger partial charge in [0, 0.05) is 19.5 Å². The first kappa shape index (κ1) is 24.0. The van der Waals surface area contributed by atoms with Gasteiger partial charge in [0.1, 0.15) is 30.1 Å². The number of fused-ring (bicyclic) bond motifs is 3. The van der Waals surface area contributed by atoms with E-state index < -0.39 is 16.1 Å².